The third kappa shape index (κ3) is 3.04. The molecule has 3 aromatic rings. The minimum absolute atomic E-state index is 0.380. The van der Waals surface area contributed by atoms with Gasteiger partial charge >= 0.3 is 0 Å². The third-order valence-corrected chi connectivity index (χ3v) is 3.92. The lowest BCUT2D eigenvalue weighted by atomic mass is 10.2. The highest BCUT2D eigenvalue weighted by Crippen LogP contribution is 2.25. The zero-order valence-electron chi connectivity index (χ0n) is 10.8. The summed E-state index contributed by atoms with van der Waals surface area (Å²) in [6.07, 6.45) is 1.72. The van der Waals surface area contributed by atoms with Gasteiger partial charge in [-0.2, -0.15) is 5.10 Å². The van der Waals surface area contributed by atoms with Crippen molar-refractivity contribution < 1.29 is 0 Å². The van der Waals surface area contributed by atoms with E-state index in [4.69, 9.17) is 11.6 Å². The van der Waals surface area contributed by atoms with E-state index in [0.29, 0.717) is 11.0 Å². The fourth-order valence-corrected chi connectivity index (χ4v) is 2.49. The summed E-state index contributed by atoms with van der Waals surface area (Å²) >= 11 is 9.50. The van der Waals surface area contributed by atoms with E-state index in [1.54, 1.807) is 6.21 Å². The van der Waals surface area contributed by atoms with Crippen molar-refractivity contribution in [3.05, 3.63) is 63.7 Å². The van der Waals surface area contributed by atoms with Crippen LogP contribution in [-0.2, 0) is 0 Å². The van der Waals surface area contributed by atoms with Gasteiger partial charge in [-0.25, -0.2) is 0 Å². The first-order valence-corrected chi connectivity index (χ1v) is 7.37. The normalized spacial score (nSPS) is 11.1. The summed E-state index contributed by atoms with van der Waals surface area (Å²) in [6.45, 7) is 0. The second-order valence-electron chi connectivity index (χ2n) is 4.28. The van der Waals surface area contributed by atoms with Crippen LogP contribution in [0, 0.1) is 0 Å². The van der Waals surface area contributed by atoms with Crippen LogP contribution >= 0.6 is 27.5 Å². The molecular formula is C15H10BrClN4. The van der Waals surface area contributed by atoms with E-state index in [2.05, 4.69) is 36.7 Å². The number of nitrogens with one attached hydrogen (secondary N) is 1. The molecule has 0 aliphatic rings. The Balaban J connectivity index is 1.89. The summed E-state index contributed by atoms with van der Waals surface area (Å²) in [5, 5.41) is 14.3. The van der Waals surface area contributed by atoms with Gasteiger partial charge in [-0.15, -0.1) is 10.2 Å². The molecule has 0 fully saturated rings. The molecule has 2 aromatic carbocycles. The number of hydrogen-bond acceptors (Lipinski definition) is 4. The molecule has 4 nitrogen and oxygen atoms in total. The number of halogens is 2. The Hall–Kier alpha value is -1.98. The van der Waals surface area contributed by atoms with E-state index in [1.807, 2.05) is 48.5 Å². The monoisotopic (exact) mass is 360 g/mol. The summed E-state index contributed by atoms with van der Waals surface area (Å²) < 4.78 is 0.975. The van der Waals surface area contributed by atoms with Gasteiger partial charge in [0, 0.05) is 20.8 Å². The van der Waals surface area contributed by atoms with Crippen molar-refractivity contribution in [1.29, 1.82) is 0 Å². The Bertz CT molecular complexity index is 820. The SMILES string of the molecule is Clc1nnc(NN=Cc2ccccc2Br)c2ccccc12. The van der Waals surface area contributed by atoms with E-state index in [-0.39, 0.29) is 0 Å². The lowest BCUT2D eigenvalue weighted by Gasteiger charge is -2.04. The average molecular weight is 362 g/mol. The molecule has 0 spiro atoms. The maximum absolute atomic E-state index is 6.03. The molecule has 6 heteroatoms. The van der Waals surface area contributed by atoms with Gasteiger partial charge in [-0.3, -0.25) is 5.43 Å². The molecule has 0 atom stereocenters. The standard InChI is InChI=1S/C15H10BrClN4/c16-13-8-4-1-5-10(13)9-18-20-15-12-7-3-2-6-11(12)14(17)19-21-15/h1-9H,(H,20,21). The van der Waals surface area contributed by atoms with Gasteiger partial charge in [0.15, 0.2) is 11.0 Å². The predicted octanol–water partition coefficient (Wildman–Crippen LogP) is 4.49. The van der Waals surface area contributed by atoms with E-state index in [9.17, 15) is 0 Å². The van der Waals surface area contributed by atoms with Crippen LogP contribution in [0.2, 0.25) is 5.15 Å². The number of anilines is 1. The van der Waals surface area contributed by atoms with Crippen LogP contribution in [-0.4, -0.2) is 16.4 Å². The maximum atomic E-state index is 6.03. The Morgan fingerprint density at radius 2 is 1.71 bits per heavy atom. The molecule has 1 N–H and O–H groups in total. The molecular weight excluding hydrogens is 352 g/mol. The van der Waals surface area contributed by atoms with Crippen molar-refractivity contribution >= 4 is 50.3 Å². The average Bonchev–Trinajstić information content (AvgIpc) is 2.52. The van der Waals surface area contributed by atoms with E-state index >= 15 is 0 Å². The zero-order valence-corrected chi connectivity index (χ0v) is 13.1. The van der Waals surface area contributed by atoms with E-state index in [0.717, 1.165) is 20.8 Å². The summed E-state index contributed by atoms with van der Waals surface area (Å²) in [7, 11) is 0. The van der Waals surface area contributed by atoms with E-state index in [1.165, 1.54) is 0 Å². The number of aromatic nitrogens is 2. The molecule has 0 radical (unpaired) electrons. The number of hydrazone groups is 1. The first-order chi connectivity index (χ1) is 10.3. The van der Waals surface area contributed by atoms with Crippen molar-refractivity contribution in [3.63, 3.8) is 0 Å². The fourth-order valence-electron chi connectivity index (χ4n) is 1.90. The summed E-state index contributed by atoms with van der Waals surface area (Å²) in [5.41, 5.74) is 3.88. The topological polar surface area (TPSA) is 50.2 Å². The van der Waals surface area contributed by atoms with Gasteiger partial charge in [0.25, 0.3) is 0 Å². The molecule has 3 rings (SSSR count). The quantitative estimate of drug-likeness (QED) is 0.552. The molecule has 1 aromatic heterocycles. The number of hydrogen-bond donors (Lipinski definition) is 1. The van der Waals surface area contributed by atoms with Crippen LogP contribution in [0.5, 0.6) is 0 Å². The first-order valence-electron chi connectivity index (χ1n) is 6.20. The van der Waals surface area contributed by atoms with Crippen molar-refractivity contribution in [3.8, 4) is 0 Å². The van der Waals surface area contributed by atoms with Gasteiger partial charge < -0.3 is 0 Å². The second kappa shape index (κ2) is 6.20. The Morgan fingerprint density at radius 3 is 2.52 bits per heavy atom. The molecule has 0 amide bonds. The molecule has 104 valence electrons. The van der Waals surface area contributed by atoms with Gasteiger partial charge in [0.2, 0.25) is 0 Å². The van der Waals surface area contributed by atoms with Crippen LogP contribution in [0.25, 0.3) is 10.8 Å². The second-order valence-corrected chi connectivity index (χ2v) is 5.49. The van der Waals surface area contributed by atoms with Crippen molar-refractivity contribution in [1.82, 2.24) is 10.2 Å². The Morgan fingerprint density at radius 1 is 1.00 bits per heavy atom. The van der Waals surface area contributed by atoms with Gasteiger partial charge in [0.05, 0.1) is 6.21 Å². The molecule has 0 saturated heterocycles. The highest BCUT2D eigenvalue weighted by Gasteiger charge is 2.06. The van der Waals surface area contributed by atoms with Crippen molar-refractivity contribution in [2.45, 2.75) is 0 Å². The lowest BCUT2D eigenvalue weighted by Crippen LogP contribution is -1.97. The molecule has 0 aliphatic heterocycles. The molecule has 1 heterocycles. The molecule has 21 heavy (non-hydrogen) atoms. The van der Waals surface area contributed by atoms with Crippen LogP contribution < -0.4 is 5.43 Å². The third-order valence-electron chi connectivity index (χ3n) is 2.92. The number of fused-ring (bicyclic) bond motifs is 1. The predicted molar refractivity (Wildman–Crippen MR) is 89.9 cm³/mol. The highest BCUT2D eigenvalue weighted by atomic mass is 79.9. The maximum Gasteiger partial charge on any atom is 0.176 e. The summed E-state index contributed by atoms with van der Waals surface area (Å²) in [5.74, 6) is 0.568. The van der Waals surface area contributed by atoms with E-state index < -0.39 is 0 Å². The van der Waals surface area contributed by atoms with Gasteiger partial charge in [0.1, 0.15) is 0 Å². The smallest absolute Gasteiger partial charge is 0.176 e. The van der Waals surface area contributed by atoms with Crippen molar-refractivity contribution in [2.75, 3.05) is 5.43 Å². The van der Waals surface area contributed by atoms with Gasteiger partial charge in [-0.1, -0.05) is 70.0 Å². The largest absolute Gasteiger partial charge is 0.259 e. The summed E-state index contributed by atoms with van der Waals surface area (Å²) in [6, 6.07) is 15.5. The van der Waals surface area contributed by atoms with Crippen molar-refractivity contribution in [2.24, 2.45) is 5.10 Å². The van der Waals surface area contributed by atoms with Crippen LogP contribution in [0.3, 0.4) is 0 Å². The van der Waals surface area contributed by atoms with Gasteiger partial charge in [-0.05, 0) is 6.07 Å². The first kappa shape index (κ1) is 14.0. The zero-order chi connectivity index (χ0) is 14.7. The molecule has 0 unspecified atom stereocenters. The fraction of sp³-hybridized carbons (Fsp3) is 0. The lowest BCUT2D eigenvalue weighted by molar-refractivity contribution is 1.04. The highest BCUT2D eigenvalue weighted by molar-refractivity contribution is 9.10. The van der Waals surface area contributed by atoms with Crippen LogP contribution in [0.4, 0.5) is 5.82 Å². The number of nitrogens with zero attached hydrogens (tertiary/aromatic N) is 3. The minimum atomic E-state index is 0.380. The Kier molecular flexibility index (Phi) is 4.13. The molecule has 0 aliphatic carbocycles. The molecule has 0 saturated carbocycles. The number of benzene rings is 2. The van der Waals surface area contributed by atoms with Crippen LogP contribution in [0.15, 0.2) is 58.1 Å². The summed E-state index contributed by atoms with van der Waals surface area (Å²) in [4.78, 5) is 0. The molecule has 0 bridgehead atoms. The minimum Gasteiger partial charge on any atom is -0.259 e. The van der Waals surface area contributed by atoms with Crippen LogP contribution in [0.1, 0.15) is 5.56 Å². The Labute approximate surface area is 135 Å². The number of rotatable bonds is 3.